The average molecular weight is 274 g/mol. The number of benzene rings is 1. The van der Waals surface area contributed by atoms with Gasteiger partial charge in [-0.25, -0.2) is 22.3 Å². The first-order valence-electron chi connectivity index (χ1n) is 5.52. The molecule has 0 aromatic heterocycles. The topological polar surface area (TPSA) is 75.3 Å². The van der Waals surface area contributed by atoms with E-state index in [1.54, 1.807) is 0 Å². The Morgan fingerprint density at radius 2 is 2.11 bits per heavy atom. The molecule has 18 heavy (non-hydrogen) atoms. The Labute approximate surface area is 105 Å². The zero-order valence-corrected chi connectivity index (χ0v) is 10.8. The van der Waals surface area contributed by atoms with Crippen molar-refractivity contribution in [2.24, 2.45) is 0 Å². The zero-order valence-electron chi connectivity index (χ0n) is 9.94. The molecule has 2 amide bonds. The Morgan fingerprint density at radius 1 is 1.39 bits per heavy atom. The van der Waals surface area contributed by atoms with E-state index >= 15 is 0 Å². The number of hydrogen-bond donors (Lipinski definition) is 2. The molecule has 0 aliphatic heterocycles. The van der Waals surface area contributed by atoms with Crippen molar-refractivity contribution in [2.45, 2.75) is 24.7 Å². The van der Waals surface area contributed by atoms with Crippen molar-refractivity contribution >= 4 is 16.1 Å². The van der Waals surface area contributed by atoms with Crippen molar-refractivity contribution < 1.29 is 17.6 Å². The molecule has 2 N–H and O–H groups in total. The summed E-state index contributed by atoms with van der Waals surface area (Å²) in [5.74, 6) is -0.677. The van der Waals surface area contributed by atoms with Crippen LogP contribution in [-0.4, -0.2) is 21.0 Å². The van der Waals surface area contributed by atoms with Crippen LogP contribution in [0.3, 0.4) is 0 Å². The highest BCUT2D eigenvalue weighted by Crippen LogP contribution is 2.09. The predicted octanol–water partition coefficient (Wildman–Crippen LogP) is 1.61. The van der Waals surface area contributed by atoms with Gasteiger partial charge in [0.15, 0.2) is 0 Å². The number of hydrogen-bond acceptors (Lipinski definition) is 3. The molecular weight excluding hydrogens is 259 g/mol. The number of carbonyl (C=O) groups is 1. The number of urea groups is 1. The number of nitrogens with one attached hydrogen (secondary N) is 2. The van der Waals surface area contributed by atoms with Gasteiger partial charge in [0.25, 0.3) is 10.0 Å². The van der Waals surface area contributed by atoms with Crippen LogP contribution in [-0.2, 0) is 10.0 Å². The van der Waals surface area contributed by atoms with E-state index in [1.165, 1.54) is 12.1 Å². The number of unbranched alkanes of at least 4 members (excludes halogenated alkanes) is 1. The molecule has 7 heteroatoms. The molecule has 0 aliphatic carbocycles. The molecule has 0 spiro atoms. The molecule has 0 saturated carbocycles. The lowest BCUT2D eigenvalue weighted by molar-refractivity contribution is 0.245. The Bertz CT molecular complexity index is 517. The van der Waals surface area contributed by atoms with E-state index in [-0.39, 0.29) is 4.90 Å². The summed E-state index contributed by atoms with van der Waals surface area (Å²) in [4.78, 5) is 11.0. The second-order valence-corrected chi connectivity index (χ2v) is 5.35. The quantitative estimate of drug-likeness (QED) is 0.801. The average Bonchev–Trinajstić information content (AvgIpc) is 2.28. The minimum absolute atomic E-state index is 0.284. The van der Waals surface area contributed by atoms with Crippen LogP contribution < -0.4 is 10.0 Å². The van der Waals surface area contributed by atoms with Gasteiger partial charge in [-0.1, -0.05) is 19.4 Å². The molecule has 1 aromatic carbocycles. The third-order valence-corrected chi connectivity index (χ3v) is 3.48. The molecular formula is C11H15FN2O3S. The van der Waals surface area contributed by atoms with Gasteiger partial charge in [0.2, 0.25) is 0 Å². The van der Waals surface area contributed by atoms with E-state index < -0.39 is 21.9 Å². The fourth-order valence-electron chi connectivity index (χ4n) is 1.23. The lowest BCUT2D eigenvalue weighted by atomic mass is 10.3. The van der Waals surface area contributed by atoms with E-state index in [9.17, 15) is 17.6 Å². The van der Waals surface area contributed by atoms with Gasteiger partial charge in [0.05, 0.1) is 4.90 Å². The van der Waals surface area contributed by atoms with Gasteiger partial charge in [-0.3, -0.25) is 0 Å². The van der Waals surface area contributed by atoms with Gasteiger partial charge in [0.1, 0.15) is 5.82 Å². The van der Waals surface area contributed by atoms with E-state index in [4.69, 9.17) is 0 Å². The van der Waals surface area contributed by atoms with Gasteiger partial charge in [-0.15, -0.1) is 0 Å². The number of sulfonamides is 1. The standard InChI is InChI=1S/C11H15FN2O3S/c1-2-3-7-13-11(15)14-18(16,17)10-6-4-5-9(12)8-10/h4-6,8H,2-3,7H2,1H3,(H2,13,14,15). The second-order valence-electron chi connectivity index (χ2n) is 3.67. The molecule has 100 valence electrons. The lowest BCUT2D eigenvalue weighted by Crippen LogP contribution is -2.39. The molecule has 0 fully saturated rings. The van der Waals surface area contributed by atoms with Gasteiger partial charge < -0.3 is 5.32 Å². The van der Waals surface area contributed by atoms with Crippen LogP contribution in [0.5, 0.6) is 0 Å². The monoisotopic (exact) mass is 274 g/mol. The summed E-state index contributed by atoms with van der Waals surface area (Å²) < 4.78 is 38.1. The largest absolute Gasteiger partial charge is 0.337 e. The Morgan fingerprint density at radius 3 is 2.72 bits per heavy atom. The number of amides is 2. The molecule has 0 bridgehead atoms. The molecule has 0 unspecified atom stereocenters. The Kier molecular flexibility index (Phi) is 5.08. The summed E-state index contributed by atoms with van der Waals surface area (Å²) in [6.45, 7) is 2.34. The molecule has 1 rings (SSSR count). The first-order valence-corrected chi connectivity index (χ1v) is 7.00. The smallest absolute Gasteiger partial charge is 0.328 e. The second kappa shape index (κ2) is 6.34. The van der Waals surface area contributed by atoms with Crippen LogP contribution >= 0.6 is 0 Å². The predicted molar refractivity (Wildman–Crippen MR) is 65.0 cm³/mol. The minimum atomic E-state index is -4.02. The normalized spacial score (nSPS) is 11.0. The Balaban J connectivity index is 2.68. The van der Waals surface area contributed by atoms with E-state index in [1.807, 2.05) is 11.6 Å². The van der Waals surface area contributed by atoms with Gasteiger partial charge in [0, 0.05) is 6.54 Å². The summed E-state index contributed by atoms with van der Waals surface area (Å²) in [7, 11) is -4.02. The molecule has 0 radical (unpaired) electrons. The molecule has 0 atom stereocenters. The zero-order chi connectivity index (χ0) is 13.6. The minimum Gasteiger partial charge on any atom is -0.337 e. The molecule has 0 heterocycles. The number of carbonyl (C=O) groups excluding carboxylic acids is 1. The van der Waals surface area contributed by atoms with Crippen LogP contribution in [0.25, 0.3) is 0 Å². The molecule has 0 saturated heterocycles. The third-order valence-electron chi connectivity index (χ3n) is 2.15. The highest BCUT2D eigenvalue weighted by molar-refractivity contribution is 7.90. The summed E-state index contributed by atoms with van der Waals surface area (Å²) in [6.07, 6.45) is 1.64. The van der Waals surface area contributed by atoms with Crippen molar-refractivity contribution in [1.29, 1.82) is 0 Å². The van der Waals surface area contributed by atoms with Crippen LogP contribution in [0.15, 0.2) is 29.2 Å². The SMILES string of the molecule is CCCCNC(=O)NS(=O)(=O)c1cccc(F)c1. The molecule has 5 nitrogen and oxygen atoms in total. The van der Waals surface area contributed by atoms with Crippen molar-refractivity contribution in [3.63, 3.8) is 0 Å². The van der Waals surface area contributed by atoms with E-state index in [0.29, 0.717) is 6.54 Å². The summed E-state index contributed by atoms with van der Waals surface area (Å²) in [5.41, 5.74) is 0. The van der Waals surface area contributed by atoms with Crippen molar-refractivity contribution in [1.82, 2.24) is 10.0 Å². The first kappa shape index (κ1) is 14.4. The van der Waals surface area contributed by atoms with Crippen LogP contribution in [0, 0.1) is 5.82 Å². The lowest BCUT2D eigenvalue weighted by Gasteiger charge is -2.08. The van der Waals surface area contributed by atoms with Crippen LogP contribution in [0.1, 0.15) is 19.8 Å². The van der Waals surface area contributed by atoms with E-state index in [2.05, 4.69) is 5.32 Å². The van der Waals surface area contributed by atoms with Gasteiger partial charge >= 0.3 is 6.03 Å². The number of halogens is 1. The highest BCUT2D eigenvalue weighted by Gasteiger charge is 2.17. The van der Waals surface area contributed by atoms with Crippen molar-refractivity contribution in [2.75, 3.05) is 6.54 Å². The molecule has 1 aromatic rings. The summed E-state index contributed by atoms with van der Waals surface area (Å²) >= 11 is 0. The van der Waals surface area contributed by atoms with Crippen molar-refractivity contribution in [3.8, 4) is 0 Å². The highest BCUT2D eigenvalue weighted by atomic mass is 32.2. The number of rotatable bonds is 5. The van der Waals surface area contributed by atoms with Crippen LogP contribution in [0.2, 0.25) is 0 Å². The summed E-state index contributed by atoms with van der Waals surface area (Å²) in [5, 5.41) is 2.40. The molecule has 0 aliphatic rings. The fraction of sp³-hybridized carbons (Fsp3) is 0.364. The first-order chi connectivity index (χ1) is 8.45. The van der Waals surface area contributed by atoms with E-state index in [0.717, 1.165) is 25.0 Å². The maximum absolute atomic E-state index is 12.9. The van der Waals surface area contributed by atoms with Crippen LogP contribution in [0.4, 0.5) is 9.18 Å². The Hall–Kier alpha value is -1.63. The van der Waals surface area contributed by atoms with Gasteiger partial charge in [-0.2, -0.15) is 0 Å². The summed E-state index contributed by atoms with van der Waals surface area (Å²) in [6, 6.07) is 3.64. The fourth-order valence-corrected chi connectivity index (χ4v) is 2.19. The van der Waals surface area contributed by atoms with Crippen molar-refractivity contribution in [3.05, 3.63) is 30.1 Å². The maximum Gasteiger partial charge on any atom is 0.328 e. The maximum atomic E-state index is 12.9. The van der Waals surface area contributed by atoms with Gasteiger partial charge in [-0.05, 0) is 24.6 Å². The third kappa shape index (κ3) is 4.33.